The molecule has 2 aromatic rings. The molecule has 1 aliphatic carbocycles. The predicted molar refractivity (Wildman–Crippen MR) is 84.1 cm³/mol. The summed E-state index contributed by atoms with van der Waals surface area (Å²) in [5, 5.41) is 0. The third kappa shape index (κ3) is 2.03. The van der Waals surface area contributed by atoms with Crippen LogP contribution in [0.15, 0.2) is 18.5 Å². The summed E-state index contributed by atoms with van der Waals surface area (Å²) in [5.74, 6) is 2.34. The fraction of sp³-hybridized carbons (Fsp3) is 0.500. The third-order valence-electron chi connectivity index (χ3n) is 4.80. The Balaban J connectivity index is 1.88. The molecular formula is C16H21N5. The molecule has 110 valence electrons. The first-order chi connectivity index (χ1) is 10.2. The molecule has 2 N–H and O–H groups in total. The Morgan fingerprint density at radius 1 is 1.33 bits per heavy atom. The van der Waals surface area contributed by atoms with Crippen LogP contribution in [0.5, 0.6) is 0 Å². The fourth-order valence-electron chi connectivity index (χ4n) is 3.25. The summed E-state index contributed by atoms with van der Waals surface area (Å²) in [7, 11) is 2.15. The molecule has 1 aliphatic heterocycles. The van der Waals surface area contributed by atoms with Crippen molar-refractivity contribution in [1.29, 1.82) is 0 Å². The van der Waals surface area contributed by atoms with E-state index < -0.39 is 0 Å². The van der Waals surface area contributed by atoms with Crippen molar-refractivity contribution in [1.82, 2.24) is 19.3 Å². The van der Waals surface area contributed by atoms with Gasteiger partial charge in [0.15, 0.2) is 0 Å². The van der Waals surface area contributed by atoms with Crippen molar-refractivity contribution in [3.63, 3.8) is 0 Å². The Bertz CT molecular complexity index is 711. The van der Waals surface area contributed by atoms with Crippen LogP contribution < -0.4 is 5.73 Å². The van der Waals surface area contributed by atoms with Gasteiger partial charge >= 0.3 is 0 Å². The van der Waals surface area contributed by atoms with Crippen molar-refractivity contribution in [2.45, 2.75) is 31.6 Å². The first-order valence-corrected chi connectivity index (χ1v) is 7.74. The first kappa shape index (κ1) is 12.8. The van der Waals surface area contributed by atoms with Crippen LogP contribution in [0.4, 0.5) is 5.82 Å². The summed E-state index contributed by atoms with van der Waals surface area (Å²) in [6.45, 7) is 2.05. The number of fused-ring (bicyclic) bond motifs is 1. The van der Waals surface area contributed by atoms with Crippen LogP contribution in [0, 0.1) is 0 Å². The zero-order valence-corrected chi connectivity index (χ0v) is 12.4. The number of anilines is 1. The summed E-state index contributed by atoms with van der Waals surface area (Å²) in [6, 6.07) is 0. The second-order valence-corrected chi connectivity index (χ2v) is 6.22. The lowest BCUT2D eigenvalue weighted by Crippen LogP contribution is -2.23. The molecule has 0 bridgehead atoms. The maximum absolute atomic E-state index is 6.15. The van der Waals surface area contributed by atoms with E-state index in [1.165, 1.54) is 30.7 Å². The Kier molecular flexibility index (Phi) is 2.96. The standard InChI is InChI=1S/C16H21N5/c1-20-8-5-11(6-9-20)13-14-15(17)18-7-10-21(14)16(19-13)12-3-2-4-12/h5,7,10,12H,2-4,6,8-9H2,1H3,(H2,17,18). The predicted octanol–water partition coefficient (Wildman–Crippen LogP) is 2.30. The molecule has 0 saturated heterocycles. The monoisotopic (exact) mass is 283 g/mol. The molecule has 0 aromatic carbocycles. The molecule has 21 heavy (non-hydrogen) atoms. The van der Waals surface area contributed by atoms with E-state index in [0.29, 0.717) is 11.7 Å². The van der Waals surface area contributed by atoms with E-state index in [1.54, 1.807) is 6.20 Å². The van der Waals surface area contributed by atoms with Crippen LogP contribution in [-0.4, -0.2) is 39.4 Å². The van der Waals surface area contributed by atoms with Gasteiger partial charge in [0.25, 0.3) is 0 Å². The van der Waals surface area contributed by atoms with Gasteiger partial charge in [-0.2, -0.15) is 0 Å². The lowest BCUT2D eigenvalue weighted by atomic mass is 9.85. The van der Waals surface area contributed by atoms with Crippen LogP contribution in [-0.2, 0) is 0 Å². The molecule has 1 saturated carbocycles. The second-order valence-electron chi connectivity index (χ2n) is 6.22. The van der Waals surface area contributed by atoms with Gasteiger partial charge < -0.3 is 10.6 Å². The molecule has 0 amide bonds. The molecular weight excluding hydrogens is 262 g/mol. The molecule has 5 heteroatoms. The number of hydrogen-bond acceptors (Lipinski definition) is 4. The summed E-state index contributed by atoms with van der Waals surface area (Å²) in [6.07, 6.45) is 10.9. The molecule has 1 fully saturated rings. The first-order valence-electron chi connectivity index (χ1n) is 7.74. The Morgan fingerprint density at radius 3 is 2.86 bits per heavy atom. The number of imidazole rings is 1. The zero-order chi connectivity index (χ0) is 14.4. The van der Waals surface area contributed by atoms with E-state index in [9.17, 15) is 0 Å². The molecule has 0 spiro atoms. The van der Waals surface area contributed by atoms with Crippen molar-refractivity contribution in [2.75, 3.05) is 25.9 Å². The molecule has 2 aliphatic rings. The van der Waals surface area contributed by atoms with Crippen molar-refractivity contribution >= 4 is 16.9 Å². The van der Waals surface area contributed by atoms with Gasteiger partial charge in [-0.25, -0.2) is 9.97 Å². The number of nitrogen functional groups attached to an aromatic ring is 1. The Morgan fingerprint density at radius 2 is 2.19 bits per heavy atom. The molecule has 2 aromatic heterocycles. The lowest BCUT2D eigenvalue weighted by molar-refractivity contribution is 0.369. The highest BCUT2D eigenvalue weighted by Crippen LogP contribution is 2.38. The van der Waals surface area contributed by atoms with E-state index in [0.717, 1.165) is 30.7 Å². The molecule has 0 radical (unpaired) electrons. The highest BCUT2D eigenvalue weighted by molar-refractivity contribution is 5.83. The van der Waals surface area contributed by atoms with Crippen LogP contribution in [0.25, 0.3) is 11.1 Å². The van der Waals surface area contributed by atoms with Crippen LogP contribution >= 0.6 is 0 Å². The van der Waals surface area contributed by atoms with Gasteiger partial charge in [0, 0.05) is 31.4 Å². The van der Waals surface area contributed by atoms with Crippen molar-refractivity contribution in [3.8, 4) is 0 Å². The number of aromatic nitrogens is 3. The van der Waals surface area contributed by atoms with Crippen molar-refractivity contribution in [3.05, 3.63) is 30.0 Å². The van der Waals surface area contributed by atoms with Gasteiger partial charge in [-0.1, -0.05) is 12.5 Å². The fourth-order valence-corrected chi connectivity index (χ4v) is 3.25. The van der Waals surface area contributed by atoms with Gasteiger partial charge in [0.2, 0.25) is 0 Å². The Labute approximate surface area is 124 Å². The summed E-state index contributed by atoms with van der Waals surface area (Å²) in [4.78, 5) is 11.6. The molecule has 3 heterocycles. The summed E-state index contributed by atoms with van der Waals surface area (Å²) in [5.41, 5.74) is 9.52. The van der Waals surface area contributed by atoms with Crippen molar-refractivity contribution in [2.24, 2.45) is 0 Å². The van der Waals surface area contributed by atoms with Crippen molar-refractivity contribution < 1.29 is 0 Å². The topological polar surface area (TPSA) is 59.5 Å². The van der Waals surface area contributed by atoms with Crippen LogP contribution in [0.3, 0.4) is 0 Å². The average Bonchev–Trinajstić information content (AvgIpc) is 2.79. The number of nitrogens with two attached hydrogens (primary N) is 1. The minimum absolute atomic E-state index is 0.583. The smallest absolute Gasteiger partial charge is 0.150 e. The number of rotatable bonds is 2. The van der Waals surface area contributed by atoms with E-state index in [-0.39, 0.29) is 0 Å². The number of nitrogens with zero attached hydrogens (tertiary/aromatic N) is 4. The minimum atomic E-state index is 0.583. The second kappa shape index (κ2) is 4.84. The molecule has 0 atom stereocenters. The lowest BCUT2D eigenvalue weighted by Gasteiger charge is -2.24. The number of likely N-dealkylation sites (N-methyl/N-ethyl adjacent to an activating group) is 1. The highest BCUT2D eigenvalue weighted by atomic mass is 15.1. The summed E-state index contributed by atoms with van der Waals surface area (Å²) >= 11 is 0. The SMILES string of the molecule is CN1CC=C(c2nc(C3CCC3)n3ccnc(N)c23)CC1. The summed E-state index contributed by atoms with van der Waals surface area (Å²) < 4.78 is 2.17. The van der Waals surface area contributed by atoms with Crippen LogP contribution in [0.2, 0.25) is 0 Å². The van der Waals surface area contributed by atoms with Gasteiger partial charge in [-0.05, 0) is 31.9 Å². The minimum Gasteiger partial charge on any atom is -0.382 e. The van der Waals surface area contributed by atoms with Crippen LogP contribution in [0.1, 0.15) is 43.1 Å². The largest absolute Gasteiger partial charge is 0.382 e. The maximum atomic E-state index is 6.15. The quantitative estimate of drug-likeness (QED) is 0.918. The molecule has 0 unspecified atom stereocenters. The van der Waals surface area contributed by atoms with Gasteiger partial charge in [0.1, 0.15) is 17.2 Å². The third-order valence-corrected chi connectivity index (χ3v) is 4.80. The van der Waals surface area contributed by atoms with E-state index in [2.05, 4.69) is 27.4 Å². The van der Waals surface area contributed by atoms with Gasteiger partial charge in [0.05, 0.1) is 5.69 Å². The van der Waals surface area contributed by atoms with Gasteiger partial charge in [-0.3, -0.25) is 4.40 Å². The normalized spacial score (nSPS) is 20.5. The molecule has 4 rings (SSSR count). The van der Waals surface area contributed by atoms with E-state index >= 15 is 0 Å². The average molecular weight is 283 g/mol. The van der Waals surface area contributed by atoms with E-state index in [1.807, 2.05) is 6.20 Å². The Hall–Kier alpha value is -1.88. The number of hydrogen-bond donors (Lipinski definition) is 1. The zero-order valence-electron chi connectivity index (χ0n) is 12.4. The highest BCUT2D eigenvalue weighted by Gasteiger charge is 2.27. The molecule has 5 nitrogen and oxygen atoms in total. The van der Waals surface area contributed by atoms with Gasteiger partial charge in [-0.15, -0.1) is 0 Å². The van der Waals surface area contributed by atoms with E-state index in [4.69, 9.17) is 10.7 Å². The maximum Gasteiger partial charge on any atom is 0.150 e.